The summed E-state index contributed by atoms with van der Waals surface area (Å²) < 4.78 is 12.4. The van der Waals surface area contributed by atoms with Gasteiger partial charge in [-0.2, -0.15) is 0 Å². The van der Waals surface area contributed by atoms with Crippen molar-refractivity contribution in [2.45, 2.75) is 0 Å². The Balaban J connectivity index is 1.16. The summed E-state index contributed by atoms with van der Waals surface area (Å²) in [5.41, 5.74) is 7.75. The van der Waals surface area contributed by atoms with Gasteiger partial charge in [-0.15, -0.1) is 0 Å². The Morgan fingerprint density at radius 3 is 2.12 bits per heavy atom. The van der Waals surface area contributed by atoms with E-state index in [1.807, 2.05) is 109 Å². The van der Waals surface area contributed by atoms with Crippen molar-refractivity contribution in [2.24, 2.45) is 9.98 Å². The number of benzene rings is 7. The van der Waals surface area contributed by atoms with Crippen LogP contribution < -0.4 is 0 Å². The molecule has 9 rings (SSSR count). The number of furan rings is 2. The molecule has 0 spiro atoms. The highest BCUT2D eigenvalue weighted by molar-refractivity contribution is 6.23. The first kappa shape index (κ1) is 27.7. The normalized spacial score (nSPS) is 12.3. The van der Waals surface area contributed by atoms with Crippen LogP contribution in [0.2, 0.25) is 0 Å². The topological polar surface area (TPSA) is 74.8 Å². The first-order valence-corrected chi connectivity index (χ1v) is 15.8. The number of nitrogens with zero attached hydrogens (tertiary/aromatic N) is 2. The zero-order valence-electron chi connectivity index (χ0n) is 25.7. The number of nitrogens with one attached hydrogen (secondary N) is 1. The number of aliphatic imine (C=N–C) groups is 2. The van der Waals surface area contributed by atoms with Gasteiger partial charge in [0.25, 0.3) is 0 Å². The maximum absolute atomic E-state index is 9.18. The van der Waals surface area contributed by atoms with Crippen molar-refractivity contribution in [1.29, 1.82) is 5.41 Å². The molecule has 0 aliphatic heterocycles. The van der Waals surface area contributed by atoms with Crippen molar-refractivity contribution in [2.75, 3.05) is 0 Å². The minimum atomic E-state index is 0.112. The Kier molecular flexibility index (Phi) is 6.54. The molecule has 0 atom stereocenters. The average molecular weight is 618 g/mol. The van der Waals surface area contributed by atoms with Crippen molar-refractivity contribution in [3.05, 3.63) is 168 Å². The fourth-order valence-corrected chi connectivity index (χ4v) is 6.55. The smallest absolute Gasteiger partial charge is 0.161 e. The molecular weight excluding hydrogens is 590 g/mol. The van der Waals surface area contributed by atoms with E-state index in [-0.39, 0.29) is 5.84 Å². The zero-order valence-corrected chi connectivity index (χ0v) is 25.7. The minimum absolute atomic E-state index is 0.112. The molecule has 0 amide bonds. The van der Waals surface area contributed by atoms with Crippen LogP contribution in [0.5, 0.6) is 0 Å². The number of para-hydroxylation sites is 2. The van der Waals surface area contributed by atoms with Crippen molar-refractivity contribution in [3.8, 4) is 11.1 Å². The van der Waals surface area contributed by atoms with E-state index in [4.69, 9.17) is 18.8 Å². The maximum Gasteiger partial charge on any atom is 0.161 e. The number of fused-ring (bicyclic) bond motifs is 8. The van der Waals surface area contributed by atoms with Gasteiger partial charge in [-0.25, -0.2) is 9.98 Å². The summed E-state index contributed by atoms with van der Waals surface area (Å²) in [6.07, 6.45) is 1.78. The van der Waals surface area contributed by atoms with E-state index >= 15 is 0 Å². The summed E-state index contributed by atoms with van der Waals surface area (Å²) >= 11 is 0. The Labute approximate surface area is 275 Å². The van der Waals surface area contributed by atoms with Gasteiger partial charge in [0.15, 0.2) is 11.7 Å². The number of hydrogen-bond acceptors (Lipinski definition) is 3. The third-order valence-corrected chi connectivity index (χ3v) is 8.82. The summed E-state index contributed by atoms with van der Waals surface area (Å²) in [7, 11) is 0. The standard InChI is InChI=1S/C43H27N3O2/c44-42(46-43(45-26-27-10-2-1-3-11-27)31-20-22-34-33-15-4-6-18-36(33)48-39(34)25-31)30-14-8-13-29(24-30)32-17-9-12-28-21-23-38-41(40(28)32)35-16-5-7-19-37(35)47-38/h1-26,44H. The van der Waals surface area contributed by atoms with Gasteiger partial charge in [-0.3, -0.25) is 5.41 Å². The monoisotopic (exact) mass is 617 g/mol. The molecule has 48 heavy (non-hydrogen) atoms. The number of amidine groups is 2. The molecule has 0 aliphatic carbocycles. The molecule has 9 aromatic rings. The van der Waals surface area contributed by atoms with Gasteiger partial charge in [0.1, 0.15) is 22.3 Å². The van der Waals surface area contributed by atoms with Gasteiger partial charge in [-0.1, -0.05) is 115 Å². The van der Waals surface area contributed by atoms with Crippen LogP contribution in [0.15, 0.2) is 170 Å². The Morgan fingerprint density at radius 1 is 0.521 bits per heavy atom. The summed E-state index contributed by atoms with van der Waals surface area (Å²) in [4.78, 5) is 9.62. The first-order chi connectivity index (χ1) is 23.7. The van der Waals surface area contributed by atoms with Crippen molar-refractivity contribution < 1.29 is 8.83 Å². The molecule has 5 nitrogen and oxygen atoms in total. The van der Waals surface area contributed by atoms with Crippen molar-refractivity contribution in [3.63, 3.8) is 0 Å². The Bertz CT molecular complexity index is 2750. The van der Waals surface area contributed by atoms with Gasteiger partial charge < -0.3 is 8.83 Å². The molecule has 0 saturated heterocycles. The zero-order chi connectivity index (χ0) is 32.0. The van der Waals surface area contributed by atoms with E-state index in [0.717, 1.165) is 76.9 Å². The van der Waals surface area contributed by atoms with Crippen molar-refractivity contribution >= 4 is 72.5 Å². The van der Waals surface area contributed by atoms with Crippen molar-refractivity contribution in [1.82, 2.24) is 0 Å². The highest BCUT2D eigenvalue weighted by Gasteiger charge is 2.16. The molecule has 7 aromatic carbocycles. The average Bonchev–Trinajstić information content (AvgIpc) is 3.71. The lowest BCUT2D eigenvalue weighted by Crippen LogP contribution is -2.05. The van der Waals surface area contributed by atoms with Gasteiger partial charge in [0.2, 0.25) is 0 Å². The van der Waals surface area contributed by atoms with Crippen LogP contribution in [0.3, 0.4) is 0 Å². The Morgan fingerprint density at radius 2 is 1.25 bits per heavy atom. The molecule has 226 valence electrons. The van der Waals surface area contributed by atoms with Gasteiger partial charge in [-0.05, 0) is 58.5 Å². The summed E-state index contributed by atoms with van der Waals surface area (Å²) in [5.74, 6) is 0.536. The highest BCUT2D eigenvalue weighted by atomic mass is 16.3. The van der Waals surface area contributed by atoms with Crippen LogP contribution in [-0.2, 0) is 0 Å². The number of rotatable bonds is 4. The predicted molar refractivity (Wildman–Crippen MR) is 198 cm³/mol. The third-order valence-electron chi connectivity index (χ3n) is 8.82. The lowest BCUT2D eigenvalue weighted by Gasteiger charge is -2.10. The molecule has 0 fully saturated rings. The molecular formula is C43H27N3O2. The molecule has 0 aliphatic rings. The van der Waals surface area contributed by atoms with Crippen LogP contribution in [-0.4, -0.2) is 17.9 Å². The minimum Gasteiger partial charge on any atom is -0.456 e. The van der Waals surface area contributed by atoms with E-state index in [9.17, 15) is 5.41 Å². The maximum atomic E-state index is 9.18. The SMILES string of the molecule is N=C(N=C(N=Cc1ccccc1)c1ccc2c(c1)oc1ccccc12)c1cccc(-c2cccc3ccc4oc5ccccc5c4c23)c1. The highest BCUT2D eigenvalue weighted by Crippen LogP contribution is 2.39. The molecule has 0 bridgehead atoms. The molecule has 2 aromatic heterocycles. The van der Waals surface area contributed by atoms with E-state index < -0.39 is 0 Å². The molecule has 0 saturated carbocycles. The van der Waals surface area contributed by atoms with Gasteiger partial charge in [0, 0.05) is 44.3 Å². The summed E-state index contributed by atoms with van der Waals surface area (Å²) in [6, 6.07) is 50.5. The number of hydrogen-bond donors (Lipinski definition) is 1. The van der Waals surface area contributed by atoms with E-state index in [2.05, 4.69) is 42.5 Å². The fourth-order valence-electron chi connectivity index (χ4n) is 6.55. The second kappa shape index (κ2) is 11.3. The molecule has 0 radical (unpaired) electrons. The van der Waals surface area contributed by atoms with Gasteiger partial charge in [0.05, 0.1) is 0 Å². The predicted octanol–water partition coefficient (Wildman–Crippen LogP) is 11.2. The van der Waals surface area contributed by atoms with Crippen LogP contribution >= 0.6 is 0 Å². The van der Waals surface area contributed by atoms with E-state index in [1.54, 1.807) is 6.21 Å². The van der Waals surface area contributed by atoms with Crippen LogP contribution in [0, 0.1) is 5.41 Å². The quantitative estimate of drug-likeness (QED) is 0.158. The van der Waals surface area contributed by atoms with Crippen LogP contribution in [0.4, 0.5) is 0 Å². The first-order valence-electron chi connectivity index (χ1n) is 15.8. The summed E-state index contributed by atoms with van der Waals surface area (Å²) in [5, 5.41) is 15.7. The Hall–Kier alpha value is -6.59. The van der Waals surface area contributed by atoms with Crippen LogP contribution in [0.1, 0.15) is 16.7 Å². The lowest BCUT2D eigenvalue weighted by atomic mass is 9.93. The van der Waals surface area contributed by atoms with E-state index in [1.165, 1.54) is 0 Å². The molecule has 1 N–H and O–H groups in total. The fraction of sp³-hybridized carbons (Fsp3) is 0. The second-order valence-corrected chi connectivity index (χ2v) is 11.8. The molecule has 2 heterocycles. The third kappa shape index (κ3) is 4.77. The summed E-state index contributed by atoms with van der Waals surface area (Å²) in [6.45, 7) is 0. The lowest BCUT2D eigenvalue weighted by molar-refractivity contribution is 0.668. The molecule has 0 unspecified atom stereocenters. The van der Waals surface area contributed by atoms with Gasteiger partial charge >= 0.3 is 0 Å². The van der Waals surface area contributed by atoms with E-state index in [0.29, 0.717) is 11.4 Å². The largest absolute Gasteiger partial charge is 0.456 e. The molecule has 5 heteroatoms. The second-order valence-electron chi connectivity index (χ2n) is 11.8. The van der Waals surface area contributed by atoms with Crippen LogP contribution in [0.25, 0.3) is 65.8 Å².